The fourth-order valence-electron chi connectivity index (χ4n) is 2.70. The number of anilines is 2. The molecule has 1 heterocycles. The maximum Gasteiger partial charge on any atom is 0.340 e. The maximum absolute atomic E-state index is 12.2. The molecule has 3 rings (SSSR count). The van der Waals surface area contributed by atoms with E-state index in [2.05, 4.69) is 10.6 Å². The van der Waals surface area contributed by atoms with E-state index < -0.39 is 10.9 Å². The largest absolute Gasteiger partial charge is 0.465 e. The van der Waals surface area contributed by atoms with Crippen molar-refractivity contribution in [1.82, 2.24) is 0 Å². The molecule has 7 nitrogen and oxygen atoms in total. The Morgan fingerprint density at radius 3 is 2.52 bits per heavy atom. The predicted octanol–water partition coefficient (Wildman–Crippen LogP) is 5.23. The van der Waals surface area contributed by atoms with Crippen molar-refractivity contribution in [3.63, 3.8) is 0 Å². The Hall–Kier alpha value is -3.30. The molecule has 0 bridgehead atoms. The summed E-state index contributed by atoms with van der Waals surface area (Å²) in [6.07, 6.45) is 0. The van der Waals surface area contributed by atoms with Crippen molar-refractivity contribution in [3.05, 3.63) is 75.8 Å². The Balaban J connectivity index is 1.87. The van der Waals surface area contributed by atoms with Crippen molar-refractivity contribution >= 4 is 51.0 Å². The van der Waals surface area contributed by atoms with E-state index in [4.69, 9.17) is 17.0 Å². The molecule has 0 saturated carbocycles. The summed E-state index contributed by atoms with van der Waals surface area (Å²) in [4.78, 5) is 23.7. The lowest BCUT2D eigenvalue weighted by Crippen LogP contribution is -2.20. The first-order chi connectivity index (χ1) is 13.9. The number of benzene rings is 2. The number of ether oxygens (including phenoxy) is 1. The summed E-state index contributed by atoms with van der Waals surface area (Å²) in [6, 6.07) is 16.1. The molecule has 148 valence electrons. The molecule has 0 radical (unpaired) electrons. The number of rotatable bonds is 5. The molecular weight excluding hydrogens is 410 g/mol. The molecule has 2 N–H and O–H groups in total. The van der Waals surface area contributed by atoms with Crippen LogP contribution in [-0.4, -0.2) is 23.1 Å². The van der Waals surface area contributed by atoms with Crippen LogP contribution in [0.3, 0.4) is 0 Å². The number of hydrogen-bond donors (Lipinski definition) is 2. The zero-order valence-corrected chi connectivity index (χ0v) is 17.2. The van der Waals surface area contributed by atoms with E-state index in [-0.39, 0.29) is 10.8 Å². The first-order valence-electron chi connectivity index (χ1n) is 8.50. The van der Waals surface area contributed by atoms with Crippen LogP contribution in [0.1, 0.15) is 15.9 Å². The minimum absolute atomic E-state index is 0.00413. The number of carbonyl (C=O) groups excluding carboxylic acids is 1. The average molecular weight is 428 g/mol. The molecule has 2 aromatic carbocycles. The summed E-state index contributed by atoms with van der Waals surface area (Å²) in [6.45, 7) is 1.64. The van der Waals surface area contributed by atoms with E-state index in [1.807, 2.05) is 30.3 Å². The van der Waals surface area contributed by atoms with Gasteiger partial charge >= 0.3 is 5.97 Å². The molecule has 29 heavy (non-hydrogen) atoms. The van der Waals surface area contributed by atoms with Crippen LogP contribution in [0.15, 0.2) is 54.6 Å². The number of carbonyl (C=O) groups is 1. The lowest BCUT2D eigenvalue weighted by atomic mass is 10.1. The number of nitrogens with one attached hydrogen (secondary N) is 2. The molecule has 0 fully saturated rings. The number of nitrogens with zero attached hydrogens (tertiary/aromatic N) is 1. The molecule has 0 aliphatic carbocycles. The molecule has 0 spiro atoms. The van der Waals surface area contributed by atoms with E-state index >= 15 is 0 Å². The lowest BCUT2D eigenvalue weighted by molar-refractivity contribution is -0.385. The van der Waals surface area contributed by atoms with Crippen LogP contribution in [0, 0.1) is 17.0 Å². The van der Waals surface area contributed by atoms with Gasteiger partial charge in [-0.25, -0.2) is 4.79 Å². The number of nitro benzene ring substituents is 1. The SMILES string of the molecule is COC(=O)c1cc(-c2ccccc2)sc1NC(=S)Nc1cccc([N+](=O)[O-])c1C. The highest BCUT2D eigenvalue weighted by Gasteiger charge is 2.19. The molecule has 3 aromatic rings. The first kappa shape index (κ1) is 20.4. The highest BCUT2D eigenvalue weighted by Crippen LogP contribution is 2.36. The number of hydrogen-bond acceptors (Lipinski definition) is 6. The van der Waals surface area contributed by atoms with Gasteiger partial charge in [-0.2, -0.15) is 0 Å². The summed E-state index contributed by atoms with van der Waals surface area (Å²) in [5.41, 5.74) is 2.29. The fraction of sp³-hybridized carbons (Fsp3) is 0.100. The van der Waals surface area contributed by atoms with Crippen molar-refractivity contribution in [3.8, 4) is 10.4 Å². The van der Waals surface area contributed by atoms with Crippen molar-refractivity contribution in [2.75, 3.05) is 17.7 Å². The molecular formula is C20H17N3O4S2. The van der Waals surface area contributed by atoms with Gasteiger partial charge in [0.05, 0.1) is 28.8 Å². The number of thiophene rings is 1. The van der Waals surface area contributed by atoms with Gasteiger partial charge in [0.2, 0.25) is 0 Å². The molecule has 0 atom stereocenters. The molecule has 0 saturated heterocycles. The molecule has 0 aliphatic heterocycles. The van der Waals surface area contributed by atoms with E-state index in [1.165, 1.54) is 24.5 Å². The minimum atomic E-state index is -0.486. The summed E-state index contributed by atoms with van der Waals surface area (Å²) in [5, 5.41) is 17.8. The van der Waals surface area contributed by atoms with Gasteiger partial charge in [-0.05, 0) is 36.8 Å². The third-order valence-electron chi connectivity index (χ3n) is 4.17. The molecule has 9 heteroatoms. The van der Waals surface area contributed by atoms with Crippen molar-refractivity contribution < 1.29 is 14.5 Å². The Bertz CT molecular complexity index is 1080. The minimum Gasteiger partial charge on any atom is -0.465 e. The normalized spacial score (nSPS) is 10.3. The van der Waals surface area contributed by atoms with Gasteiger partial charge in [0.15, 0.2) is 5.11 Å². The second kappa shape index (κ2) is 8.80. The number of nitro groups is 1. The Morgan fingerprint density at radius 2 is 1.86 bits per heavy atom. The van der Waals surface area contributed by atoms with Gasteiger partial charge in [0, 0.05) is 10.9 Å². The molecule has 0 aliphatic rings. The Labute approximate surface area is 176 Å². The van der Waals surface area contributed by atoms with Crippen LogP contribution >= 0.6 is 23.6 Å². The standard InChI is InChI=1S/C20H17N3O4S2/c1-12-15(9-6-10-16(12)23(25)26)21-20(28)22-18-14(19(24)27-2)11-17(29-18)13-7-4-3-5-8-13/h3-11H,1-2H3,(H2,21,22,28). The van der Waals surface area contributed by atoms with Crippen LogP contribution in [-0.2, 0) is 4.74 Å². The zero-order chi connectivity index (χ0) is 21.0. The van der Waals surface area contributed by atoms with E-state index in [9.17, 15) is 14.9 Å². The van der Waals surface area contributed by atoms with Crippen LogP contribution in [0.2, 0.25) is 0 Å². The van der Waals surface area contributed by atoms with E-state index in [1.54, 1.807) is 25.1 Å². The van der Waals surface area contributed by atoms with Crippen LogP contribution < -0.4 is 10.6 Å². The quantitative estimate of drug-likeness (QED) is 0.249. The Morgan fingerprint density at radius 1 is 1.14 bits per heavy atom. The number of thiocarbonyl (C=S) groups is 1. The molecule has 0 amide bonds. The number of esters is 1. The first-order valence-corrected chi connectivity index (χ1v) is 9.72. The van der Waals surface area contributed by atoms with Crippen LogP contribution in [0.25, 0.3) is 10.4 Å². The highest BCUT2D eigenvalue weighted by molar-refractivity contribution is 7.80. The molecule has 0 unspecified atom stereocenters. The van der Waals surface area contributed by atoms with Crippen molar-refractivity contribution in [1.29, 1.82) is 0 Å². The zero-order valence-electron chi connectivity index (χ0n) is 15.6. The van der Waals surface area contributed by atoms with Crippen molar-refractivity contribution in [2.45, 2.75) is 6.92 Å². The highest BCUT2D eigenvalue weighted by atomic mass is 32.1. The maximum atomic E-state index is 12.2. The van der Waals surface area contributed by atoms with Gasteiger partial charge in [-0.3, -0.25) is 10.1 Å². The summed E-state index contributed by atoms with van der Waals surface area (Å²) < 4.78 is 4.88. The third kappa shape index (κ3) is 4.58. The third-order valence-corrected chi connectivity index (χ3v) is 5.48. The van der Waals surface area contributed by atoms with Gasteiger partial charge in [0.25, 0.3) is 5.69 Å². The fourth-order valence-corrected chi connectivity index (χ4v) is 4.04. The van der Waals surface area contributed by atoms with E-state index in [0.29, 0.717) is 21.8 Å². The topological polar surface area (TPSA) is 93.5 Å². The summed E-state index contributed by atoms with van der Waals surface area (Å²) in [7, 11) is 1.31. The van der Waals surface area contributed by atoms with Gasteiger partial charge in [-0.15, -0.1) is 11.3 Å². The summed E-state index contributed by atoms with van der Waals surface area (Å²) in [5.74, 6) is -0.486. The Kier molecular flexibility index (Phi) is 6.20. The lowest BCUT2D eigenvalue weighted by Gasteiger charge is -2.12. The van der Waals surface area contributed by atoms with Crippen molar-refractivity contribution in [2.24, 2.45) is 0 Å². The van der Waals surface area contributed by atoms with Crippen LogP contribution in [0.4, 0.5) is 16.4 Å². The van der Waals surface area contributed by atoms with Gasteiger partial charge < -0.3 is 15.4 Å². The van der Waals surface area contributed by atoms with Crippen LogP contribution in [0.5, 0.6) is 0 Å². The second-order valence-electron chi connectivity index (χ2n) is 6.00. The predicted molar refractivity (Wildman–Crippen MR) is 119 cm³/mol. The van der Waals surface area contributed by atoms with Gasteiger partial charge in [-0.1, -0.05) is 36.4 Å². The smallest absolute Gasteiger partial charge is 0.340 e. The monoisotopic (exact) mass is 427 g/mol. The van der Waals surface area contributed by atoms with E-state index in [0.717, 1.165) is 10.4 Å². The summed E-state index contributed by atoms with van der Waals surface area (Å²) >= 11 is 6.72. The molecule has 1 aromatic heterocycles. The average Bonchev–Trinajstić information content (AvgIpc) is 3.13. The van der Waals surface area contributed by atoms with Gasteiger partial charge in [0.1, 0.15) is 5.00 Å². The number of methoxy groups -OCH3 is 1. The second-order valence-corrected chi connectivity index (χ2v) is 7.46.